The third kappa shape index (κ3) is 4.26. The number of nitrogens with one attached hydrogen (secondary N) is 1. The van der Waals surface area contributed by atoms with E-state index in [0.717, 1.165) is 57.6 Å². The summed E-state index contributed by atoms with van der Waals surface area (Å²) in [5, 5.41) is 1.24. The number of H-pyrrole nitrogens is 1. The molecular formula is C23H33N3O2. The zero-order valence-corrected chi connectivity index (χ0v) is 17.2. The molecule has 4 rings (SSSR count). The van der Waals surface area contributed by atoms with E-state index in [4.69, 9.17) is 4.74 Å². The molecule has 152 valence electrons. The Morgan fingerprint density at radius 3 is 2.71 bits per heavy atom. The van der Waals surface area contributed by atoms with Crippen LogP contribution in [0.25, 0.3) is 10.9 Å². The Kier molecular flexibility index (Phi) is 6.02. The van der Waals surface area contributed by atoms with E-state index in [2.05, 4.69) is 41.9 Å². The molecule has 1 N–H and O–H groups in total. The molecular weight excluding hydrogens is 350 g/mol. The smallest absolute Gasteiger partial charge is 0.223 e. The van der Waals surface area contributed by atoms with Crippen LogP contribution < -0.4 is 0 Å². The second kappa shape index (κ2) is 8.66. The minimum absolute atomic E-state index is 0.290. The predicted octanol–water partition coefficient (Wildman–Crippen LogP) is 3.45. The Morgan fingerprint density at radius 1 is 1.21 bits per heavy atom. The summed E-state index contributed by atoms with van der Waals surface area (Å²) in [6, 6.07) is 9.44. The Morgan fingerprint density at radius 2 is 1.96 bits per heavy atom. The van der Waals surface area contributed by atoms with Crippen molar-refractivity contribution in [2.45, 2.75) is 51.6 Å². The molecule has 2 fully saturated rings. The average molecular weight is 384 g/mol. The van der Waals surface area contributed by atoms with Crippen LogP contribution in [0.2, 0.25) is 0 Å². The minimum atomic E-state index is 0.290. The standard InChI is InChI=1S/C23H33N3O2/c1-17(2)14-26(19-9-11-28-12-10-19)20-15-25(16-20)23(27)8-7-18-13-24-22-6-4-3-5-21(18)22/h3-6,13,17,19-20,24H,7-12,14-16H2,1-2H3. The number of aryl methyl sites for hydroxylation is 1. The molecule has 1 aromatic heterocycles. The van der Waals surface area contributed by atoms with Gasteiger partial charge in [0.25, 0.3) is 0 Å². The second-order valence-electron chi connectivity index (χ2n) is 8.75. The first-order chi connectivity index (χ1) is 13.6. The number of likely N-dealkylation sites (tertiary alicyclic amines) is 1. The quantitative estimate of drug-likeness (QED) is 0.797. The summed E-state index contributed by atoms with van der Waals surface area (Å²) in [6.07, 6.45) is 5.69. The van der Waals surface area contributed by atoms with E-state index in [9.17, 15) is 4.79 Å². The van der Waals surface area contributed by atoms with Crippen molar-refractivity contribution < 1.29 is 9.53 Å². The van der Waals surface area contributed by atoms with Crippen LogP contribution in [-0.2, 0) is 16.0 Å². The largest absolute Gasteiger partial charge is 0.381 e. The van der Waals surface area contributed by atoms with Gasteiger partial charge >= 0.3 is 0 Å². The lowest BCUT2D eigenvalue weighted by atomic mass is 9.97. The number of aromatic nitrogens is 1. The number of benzene rings is 1. The maximum absolute atomic E-state index is 12.7. The van der Waals surface area contributed by atoms with Gasteiger partial charge in [0.2, 0.25) is 5.91 Å². The zero-order chi connectivity index (χ0) is 19.5. The highest BCUT2D eigenvalue weighted by molar-refractivity contribution is 5.84. The SMILES string of the molecule is CC(C)CN(C1CCOCC1)C1CN(C(=O)CCc2c[nH]c3ccccc23)C1. The van der Waals surface area contributed by atoms with E-state index < -0.39 is 0 Å². The van der Waals surface area contributed by atoms with Gasteiger partial charge in [-0.2, -0.15) is 0 Å². The van der Waals surface area contributed by atoms with Crippen molar-refractivity contribution in [3.63, 3.8) is 0 Å². The van der Waals surface area contributed by atoms with Crippen molar-refractivity contribution in [1.82, 2.24) is 14.8 Å². The fourth-order valence-corrected chi connectivity index (χ4v) is 4.64. The molecule has 0 atom stereocenters. The Balaban J connectivity index is 1.30. The second-order valence-corrected chi connectivity index (χ2v) is 8.75. The minimum Gasteiger partial charge on any atom is -0.381 e. The Bertz CT molecular complexity index is 788. The van der Waals surface area contributed by atoms with Crippen LogP contribution in [-0.4, -0.2) is 65.6 Å². The number of rotatable bonds is 7. The highest BCUT2D eigenvalue weighted by Crippen LogP contribution is 2.25. The monoisotopic (exact) mass is 383 g/mol. The zero-order valence-electron chi connectivity index (χ0n) is 17.2. The van der Waals surface area contributed by atoms with Crippen molar-refractivity contribution in [1.29, 1.82) is 0 Å². The van der Waals surface area contributed by atoms with Crippen molar-refractivity contribution in [3.05, 3.63) is 36.0 Å². The summed E-state index contributed by atoms with van der Waals surface area (Å²) in [7, 11) is 0. The number of amides is 1. The number of fused-ring (bicyclic) bond motifs is 1. The van der Waals surface area contributed by atoms with Gasteiger partial charge in [-0.25, -0.2) is 0 Å². The van der Waals surface area contributed by atoms with Gasteiger partial charge in [0.15, 0.2) is 0 Å². The molecule has 1 amide bonds. The van der Waals surface area contributed by atoms with Crippen molar-refractivity contribution in [3.8, 4) is 0 Å². The van der Waals surface area contributed by atoms with Crippen molar-refractivity contribution in [2.75, 3.05) is 32.8 Å². The van der Waals surface area contributed by atoms with E-state index in [1.807, 2.05) is 17.2 Å². The Labute approximate surface area is 168 Å². The lowest BCUT2D eigenvalue weighted by Gasteiger charge is -2.49. The fourth-order valence-electron chi connectivity index (χ4n) is 4.64. The normalized spacial score (nSPS) is 18.9. The van der Waals surface area contributed by atoms with E-state index in [-0.39, 0.29) is 5.91 Å². The van der Waals surface area contributed by atoms with Crippen LogP contribution >= 0.6 is 0 Å². The summed E-state index contributed by atoms with van der Waals surface area (Å²) in [6.45, 7) is 9.21. The molecule has 0 aliphatic carbocycles. The number of carbonyl (C=O) groups excluding carboxylic acids is 1. The number of ether oxygens (including phenoxy) is 1. The van der Waals surface area contributed by atoms with Crippen LogP contribution in [0.1, 0.15) is 38.7 Å². The van der Waals surface area contributed by atoms with Crippen LogP contribution in [0, 0.1) is 5.92 Å². The van der Waals surface area contributed by atoms with Crippen molar-refractivity contribution in [2.24, 2.45) is 5.92 Å². The van der Waals surface area contributed by atoms with E-state index in [1.165, 1.54) is 10.9 Å². The first kappa shape index (κ1) is 19.5. The molecule has 3 heterocycles. The van der Waals surface area contributed by atoms with Gasteiger partial charge in [-0.15, -0.1) is 0 Å². The average Bonchev–Trinajstić information content (AvgIpc) is 3.08. The third-order valence-corrected chi connectivity index (χ3v) is 6.20. The van der Waals surface area contributed by atoms with Crippen LogP contribution in [0.15, 0.2) is 30.5 Å². The van der Waals surface area contributed by atoms with Crippen LogP contribution in [0.3, 0.4) is 0 Å². The molecule has 0 unspecified atom stereocenters. The van der Waals surface area contributed by atoms with Gasteiger partial charge < -0.3 is 14.6 Å². The molecule has 2 aliphatic heterocycles. The van der Waals surface area contributed by atoms with Gasteiger partial charge in [-0.05, 0) is 36.8 Å². The van der Waals surface area contributed by atoms with Crippen molar-refractivity contribution >= 4 is 16.8 Å². The summed E-state index contributed by atoms with van der Waals surface area (Å²) < 4.78 is 5.55. The molecule has 5 heteroatoms. The summed E-state index contributed by atoms with van der Waals surface area (Å²) in [5.74, 6) is 0.937. The highest BCUT2D eigenvalue weighted by Gasteiger charge is 2.38. The fraction of sp³-hybridized carbons (Fsp3) is 0.609. The van der Waals surface area contributed by atoms with Gasteiger partial charge in [-0.1, -0.05) is 32.0 Å². The number of nitrogens with zero attached hydrogens (tertiary/aromatic N) is 2. The molecule has 5 nitrogen and oxygen atoms in total. The number of para-hydroxylation sites is 1. The Hall–Kier alpha value is -1.85. The predicted molar refractivity (Wildman–Crippen MR) is 112 cm³/mol. The molecule has 0 saturated carbocycles. The van der Waals surface area contributed by atoms with Gasteiger partial charge in [-0.3, -0.25) is 9.69 Å². The topological polar surface area (TPSA) is 48.6 Å². The lowest BCUT2D eigenvalue weighted by Crippen LogP contribution is -2.64. The van der Waals surface area contributed by atoms with Crippen LogP contribution in [0.4, 0.5) is 0 Å². The highest BCUT2D eigenvalue weighted by atomic mass is 16.5. The van der Waals surface area contributed by atoms with E-state index >= 15 is 0 Å². The van der Waals surface area contributed by atoms with E-state index in [1.54, 1.807) is 0 Å². The third-order valence-electron chi connectivity index (χ3n) is 6.20. The summed E-state index contributed by atoms with van der Waals surface area (Å²) in [5.41, 5.74) is 2.39. The molecule has 0 spiro atoms. The first-order valence-corrected chi connectivity index (χ1v) is 10.8. The van der Waals surface area contributed by atoms with Gasteiger partial charge in [0, 0.05) is 68.5 Å². The maximum atomic E-state index is 12.7. The van der Waals surface area contributed by atoms with Gasteiger partial charge in [0.05, 0.1) is 0 Å². The lowest BCUT2D eigenvalue weighted by molar-refractivity contribution is -0.140. The molecule has 2 aromatic rings. The molecule has 2 saturated heterocycles. The summed E-state index contributed by atoms with van der Waals surface area (Å²) in [4.78, 5) is 20.7. The summed E-state index contributed by atoms with van der Waals surface area (Å²) >= 11 is 0. The number of carbonyl (C=O) groups is 1. The van der Waals surface area contributed by atoms with Gasteiger partial charge in [0.1, 0.15) is 0 Å². The molecule has 0 bridgehead atoms. The number of hydrogen-bond acceptors (Lipinski definition) is 3. The maximum Gasteiger partial charge on any atom is 0.223 e. The molecule has 28 heavy (non-hydrogen) atoms. The van der Waals surface area contributed by atoms with E-state index in [0.29, 0.717) is 24.4 Å². The first-order valence-electron chi connectivity index (χ1n) is 10.8. The molecule has 1 aromatic carbocycles. The molecule has 0 radical (unpaired) electrons. The molecule has 2 aliphatic rings. The number of hydrogen-bond donors (Lipinski definition) is 1. The number of aromatic amines is 1. The van der Waals surface area contributed by atoms with Crippen LogP contribution in [0.5, 0.6) is 0 Å².